The van der Waals surface area contributed by atoms with Gasteiger partial charge in [-0.25, -0.2) is 14.5 Å². The monoisotopic (exact) mass is 544 g/mol. The Morgan fingerprint density at radius 2 is 1.88 bits per heavy atom. The molecule has 2 amide bonds. The number of benzene rings is 1. The van der Waals surface area contributed by atoms with E-state index in [1.807, 2.05) is 30.3 Å². The second-order valence-corrected chi connectivity index (χ2v) is 10.2. The number of carbonyl (C=O) groups excluding carboxylic acids is 2. The van der Waals surface area contributed by atoms with E-state index in [2.05, 4.69) is 15.1 Å². The van der Waals surface area contributed by atoms with Gasteiger partial charge in [0.1, 0.15) is 23.0 Å². The molecule has 0 atom stereocenters. The predicted octanol–water partition coefficient (Wildman–Crippen LogP) is 4.36. The second-order valence-electron chi connectivity index (χ2n) is 10.2. The maximum absolute atomic E-state index is 13.4. The highest BCUT2D eigenvalue weighted by molar-refractivity contribution is 6.03. The van der Waals surface area contributed by atoms with Crippen LogP contribution in [0.15, 0.2) is 61.2 Å². The Bertz CT molecular complexity index is 1810. The Labute approximate surface area is 227 Å². The first kappa shape index (κ1) is 25.4. The fourth-order valence-electron chi connectivity index (χ4n) is 5.50. The van der Waals surface area contributed by atoms with Gasteiger partial charge in [-0.05, 0) is 44.2 Å². The van der Waals surface area contributed by atoms with Crippen LogP contribution in [0.3, 0.4) is 0 Å². The highest BCUT2D eigenvalue weighted by Gasteiger charge is 2.43. The zero-order chi connectivity index (χ0) is 28.3. The summed E-state index contributed by atoms with van der Waals surface area (Å²) >= 11 is 0. The van der Waals surface area contributed by atoms with Gasteiger partial charge in [0, 0.05) is 60.2 Å². The molecule has 12 heteroatoms. The lowest BCUT2D eigenvalue weighted by Gasteiger charge is -2.45. The summed E-state index contributed by atoms with van der Waals surface area (Å²) < 4.78 is 29.2. The minimum absolute atomic E-state index is 0.144. The molecule has 0 bridgehead atoms. The maximum Gasteiger partial charge on any atom is 0.320 e. The summed E-state index contributed by atoms with van der Waals surface area (Å²) in [5, 5.41) is 5.00. The number of aromatic nitrogens is 5. The number of piperazine rings is 1. The van der Waals surface area contributed by atoms with Crippen molar-refractivity contribution in [1.29, 1.82) is 0 Å². The van der Waals surface area contributed by atoms with Crippen LogP contribution in [-0.2, 0) is 9.59 Å². The molecule has 5 heterocycles. The van der Waals surface area contributed by atoms with Gasteiger partial charge in [0.2, 0.25) is 5.91 Å². The van der Waals surface area contributed by atoms with E-state index in [9.17, 15) is 18.4 Å². The molecular formula is C28H26F2N8O2. The van der Waals surface area contributed by atoms with Gasteiger partial charge in [-0.2, -0.15) is 13.9 Å². The summed E-state index contributed by atoms with van der Waals surface area (Å²) in [6, 6.07) is 12.8. The molecule has 0 unspecified atom stereocenters. The van der Waals surface area contributed by atoms with E-state index >= 15 is 0 Å². The Kier molecular flexibility index (Phi) is 5.79. The van der Waals surface area contributed by atoms with Crippen molar-refractivity contribution in [1.82, 2.24) is 29.0 Å². The molecule has 0 aliphatic carbocycles. The zero-order valence-corrected chi connectivity index (χ0v) is 22.0. The third-order valence-electron chi connectivity index (χ3n) is 7.48. The van der Waals surface area contributed by atoms with Crippen molar-refractivity contribution in [3.05, 3.63) is 61.2 Å². The van der Waals surface area contributed by atoms with E-state index in [1.165, 1.54) is 25.6 Å². The molecule has 1 fully saturated rings. The normalized spacial score (nSPS) is 15.5. The van der Waals surface area contributed by atoms with Crippen LogP contribution in [0.1, 0.15) is 27.3 Å². The van der Waals surface area contributed by atoms with Crippen LogP contribution in [-0.4, -0.2) is 59.5 Å². The van der Waals surface area contributed by atoms with Crippen LogP contribution in [0.4, 0.5) is 20.3 Å². The van der Waals surface area contributed by atoms with Gasteiger partial charge in [-0.3, -0.25) is 14.2 Å². The third kappa shape index (κ3) is 3.86. The number of anilines is 2. The molecule has 5 aromatic rings. The number of nitrogens with two attached hydrogens (primary N) is 1. The van der Waals surface area contributed by atoms with Crippen LogP contribution < -0.4 is 10.6 Å². The first-order valence-electron chi connectivity index (χ1n) is 12.7. The van der Waals surface area contributed by atoms with Crippen LogP contribution in [0, 0.1) is 0 Å². The quantitative estimate of drug-likeness (QED) is 0.360. The summed E-state index contributed by atoms with van der Waals surface area (Å²) in [5.74, 6) is -0.0712. The highest BCUT2D eigenvalue weighted by atomic mass is 19.3. The number of rotatable bonds is 4. The molecule has 0 spiro atoms. The van der Waals surface area contributed by atoms with Crippen molar-refractivity contribution in [3.8, 4) is 22.4 Å². The molecule has 0 radical (unpaired) electrons. The predicted molar refractivity (Wildman–Crippen MR) is 147 cm³/mol. The molecule has 10 nitrogen and oxygen atoms in total. The first-order chi connectivity index (χ1) is 19.1. The van der Waals surface area contributed by atoms with Gasteiger partial charge in [0.25, 0.3) is 5.91 Å². The first-order valence-corrected chi connectivity index (χ1v) is 12.7. The van der Waals surface area contributed by atoms with Crippen molar-refractivity contribution in [2.75, 3.05) is 23.7 Å². The van der Waals surface area contributed by atoms with Crippen LogP contribution in [0.5, 0.6) is 0 Å². The smallest absolute Gasteiger partial charge is 0.320 e. The minimum Gasteiger partial charge on any atom is -0.382 e. The minimum atomic E-state index is -2.70. The number of nitrogens with zero attached hydrogens (tertiary/aromatic N) is 7. The molecule has 204 valence electrons. The van der Waals surface area contributed by atoms with Crippen LogP contribution >= 0.6 is 0 Å². The number of hydrogen-bond acceptors (Lipinski definition) is 6. The van der Waals surface area contributed by atoms with E-state index < -0.39 is 12.1 Å². The van der Waals surface area contributed by atoms with Crippen molar-refractivity contribution in [2.24, 2.45) is 0 Å². The van der Waals surface area contributed by atoms with Gasteiger partial charge in [-0.15, -0.1) is 0 Å². The van der Waals surface area contributed by atoms with E-state index in [-0.39, 0.29) is 23.3 Å². The average Bonchev–Trinajstić information content (AvgIpc) is 3.52. The summed E-state index contributed by atoms with van der Waals surface area (Å²) in [4.78, 5) is 37.3. The van der Waals surface area contributed by atoms with Crippen molar-refractivity contribution < 1.29 is 18.4 Å². The van der Waals surface area contributed by atoms with Gasteiger partial charge in [-0.1, -0.05) is 12.1 Å². The number of fused-ring (bicyclic) bond motifs is 2. The van der Waals surface area contributed by atoms with E-state index in [0.29, 0.717) is 46.5 Å². The molecule has 1 aromatic carbocycles. The summed E-state index contributed by atoms with van der Waals surface area (Å²) in [5.41, 5.74) is 9.54. The zero-order valence-electron chi connectivity index (χ0n) is 22.0. The second kappa shape index (κ2) is 9.11. The van der Waals surface area contributed by atoms with E-state index in [4.69, 9.17) is 5.73 Å². The number of amides is 2. The molecule has 1 saturated heterocycles. The standard InChI is InChI=1S/C28H26F2N8O2/c1-16(39)37-10-9-35(26(40)28(37,2)3)20-6-4-5-17(12-20)22-13-21(23-24(31)33-15-34-38(22)23)19-11-18-7-8-36(27(29)30)25(18)32-14-19/h4-8,11-15,27H,9-10H2,1-3H3,(H2,31,33,34). The number of alkyl halides is 2. The molecule has 0 saturated carbocycles. The summed E-state index contributed by atoms with van der Waals surface area (Å²) in [7, 11) is 0. The number of pyridine rings is 1. The van der Waals surface area contributed by atoms with Crippen molar-refractivity contribution in [3.63, 3.8) is 0 Å². The van der Waals surface area contributed by atoms with Crippen LogP contribution in [0.25, 0.3) is 38.9 Å². The molecule has 6 rings (SSSR count). The SMILES string of the molecule is CC(=O)N1CCN(c2cccc(-c3cc(-c4cnc5c(ccn5C(F)F)c4)c4c(N)ncnn34)c2)C(=O)C1(C)C. The van der Waals surface area contributed by atoms with Crippen molar-refractivity contribution in [2.45, 2.75) is 32.9 Å². The number of nitrogen functional groups attached to an aromatic ring is 1. The largest absolute Gasteiger partial charge is 0.382 e. The Morgan fingerprint density at radius 1 is 1.07 bits per heavy atom. The number of halogens is 2. The van der Waals surface area contributed by atoms with Gasteiger partial charge < -0.3 is 15.5 Å². The molecule has 1 aliphatic heterocycles. The lowest BCUT2D eigenvalue weighted by atomic mass is 9.96. The van der Waals surface area contributed by atoms with Gasteiger partial charge >= 0.3 is 6.55 Å². The molecule has 4 aromatic heterocycles. The summed E-state index contributed by atoms with van der Waals surface area (Å²) in [6.07, 6.45) is 4.19. The lowest BCUT2D eigenvalue weighted by Crippen LogP contribution is -2.64. The Morgan fingerprint density at radius 3 is 2.62 bits per heavy atom. The van der Waals surface area contributed by atoms with E-state index in [1.54, 1.807) is 40.3 Å². The number of carbonyl (C=O) groups is 2. The highest BCUT2D eigenvalue weighted by Crippen LogP contribution is 2.37. The number of hydrogen-bond donors (Lipinski definition) is 1. The van der Waals surface area contributed by atoms with E-state index in [0.717, 1.165) is 10.1 Å². The maximum atomic E-state index is 13.4. The molecule has 2 N–H and O–H groups in total. The van der Waals surface area contributed by atoms with Crippen LogP contribution in [0.2, 0.25) is 0 Å². The fraction of sp³-hybridized carbons (Fsp3) is 0.250. The summed E-state index contributed by atoms with van der Waals surface area (Å²) in [6.45, 7) is 3.06. The molecule has 1 aliphatic rings. The van der Waals surface area contributed by atoms with Gasteiger partial charge in [0.15, 0.2) is 5.82 Å². The Balaban J connectivity index is 1.45. The molecular weight excluding hydrogens is 518 g/mol. The topological polar surface area (TPSA) is 115 Å². The Hall–Kier alpha value is -4.87. The van der Waals surface area contributed by atoms with Gasteiger partial charge in [0.05, 0.1) is 5.69 Å². The third-order valence-corrected chi connectivity index (χ3v) is 7.48. The van der Waals surface area contributed by atoms with Crippen molar-refractivity contribution >= 4 is 39.9 Å². The molecule has 40 heavy (non-hydrogen) atoms. The average molecular weight is 545 g/mol. The fourth-order valence-corrected chi connectivity index (χ4v) is 5.50. The lowest BCUT2D eigenvalue weighted by molar-refractivity contribution is -0.145.